The van der Waals surface area contributed by atoms with Crippen LogP contribution in [0.15, 0.2) is 0 Å². The Bertz CT molecular complexity index is 339. The van der Waals surface area contributed by atoms with E-state index in [0.717, 1.165) is 36.9 Å². The second-order valence-corrected chi connectivity index (χ2v) is 3.82. The van der Waals surface area contributed by atoms with E-state index in [-0.39, 0.29) is 6.04 Å². The van der Waals surface area contributed by atoms with Crippen molar-refractivity contribution >= 4 is 6.29 Å². The topological polar surface area (TPSA) is 34.9 Å². The second kappa shape index (κ2) is 2.98. The first-order valence-corrected chi connectivity index (χ1v) is 4.79. The van der Waals surface area contributed by atoms with Crippen molar-refractivity contribution in [1.82, 2.24) is 9.78 Å². The van der Waals surface area contributed by atoms with Crippen molar-refractivity contribution in [2.24, 2.45) is 0 Å². The third-order valence-electron chi connectivity index (χ3n) is 2.57. The summed E-state index contributed by atoms with van der Waals surface area (Å²) in [6.45, 7) is 4.10. The van der Waals surface area contributed by atoms with Gasteiger partial charge in [-0.2, -0.15) is 5.10 Å². The van der Waals surface area contributed by atoms with Crippen molar-refractivity contribution in [3.63, 3.8) is 0 Å². The summed E-state index contributed by atoms with van der Waals surface area (Å²) < 4.78 is 1.84. The summed E-state index contributed by atoms with van der Waals surface area (Å²) in [5.74, 6) is 0. The Hall–Kier alpha value is -1.12. The molecule has 0 bridgehead atoms. The first-order chi connectivity index (χ1) is 6.24. The summed E-state index contributed by atoms with van der Waals surface area (Å²) in [5, 5.41) is 4.45. The van der Waals surface area contributed by atoms with Gasteiger partial charge in [0.15, 0.2) is 6.29 Å². The van der Waals surface area contributed by atoms with E-state index < -0.39 is 0 Å². The molecule has 0 saturated heterocycles. The van der Waals surface area contributed by atoms with Crippen LogP contribution >= 0.6 is 0 Å². The van der Waals surface area contributed by atoms with Gasteiger partial charge in [0.2, 0.25) is 0 Å². The van der Waals surface area contributed by atoms with E-state index in [1.807, 2.05) is 4.68 Å². The quantitative estimate of drug-likeness (QED) is 0.647. The van der Waals surface area contributed by atoms with Gasteiger partial charge in [-0.05, 0) is 33.1 Å². The number of aromatic nitrogens is 2. The van der Waals surface area contributed by atoms with Crippen LogP contribution in [0, 0.1) is 0 Å². The highest BCUT2D eigenvalue weighted by atomic mass is 16.1. The average Bonchev–Trinajstić information content (AvgIpc) is 2.60. The third kappa shape index (κ3) is 1.19. The zero-order valence-electron chi connectivity index (χ0n) is 8.08. The van der Waals surface area contributed by atoms with Gasteiger partial charge in [0.05, 0.1) is 5.69 Å². The van der Waals surface area contributed by atoms with E-state index in [0.29, 0.717) is 0 Å². The SMILES string of the molecule is CC(C)n1nc2c(c1C=O)CCC2. The average molecular weight is 178 g/mol. The fourth-order valence-electron chi connectivity index (χ4n) is 1.96. The Kier molecular flexibility index (Phi) is 1.94. The van der Waals surface area contributed by atoms with E-state index in [2.05, 4.69) is 18.9 Å². The van der Waals surface area contributed by atoms with Gasteiger partial charge in [-0.1, -0.05) is 0 Å². The predicted octanol–water partition coefficient (Wildman–Crippen LogP) is 1.77. The molecule has 1 aromatic heterocycles. The molecule has 0 fully saturated rings. The minimum absolute atomic E-state index is 0.283. The van der Waals surface area contributed by atoms with E-state index in [9.17, 15) is 4.79 Å². The molecule has 1 heterocycles. The maximum Gasteiger partial charge on any atom is 0.168 e. The summed E-state index contributed by atoms with van der Waals surface area (Å²) in [6.07, 6.45) is 4.15. The van der Waals surface area contributed by atoms with Gasteiger partial charge >= 0.3 is 0 Å². The lowest BCUT2D eigenvalue weighted by atomic mass is 10.2. The number of aldehydes is 1. The van der Waals surface area contributed by atoms with Gasteiger partial charge < -0.3 is 0 Å². The highest BCUT2D eigenvalue weighted by Crippen LogP contribution is 2.25. The zero-order valence-corrected chi connectivity index (χ0v) is 8.08. The number of rotatable bonds is 2. The number of hydrogen-bond acceptors (Lipinski definition) is 2. The van der Waals surface area contributed by atoms with E-state index in [4.69, 9.17) is 0 Å². The Morgan fingerprint density at radius 2 is 2.23 bits per heavy atom. The first kappa shape index (κ1) is 8.48. The number of carbonyl (C=O) groups is 1. The largest absolute Gasteiger partial charge is 0.296 e. The highest BCUT2D eigenvalue weighted by Gasteiger charge is 2.22. The second-order valence-electron chi connectivity index (χ2n) is 3.82. The predicted molar refractivity (Wildman–Crippen MR) is 50.0 cm³/mol. The van der Waals surface area contributed by atoms with Crippen LogP contribution in [0.1, 0.15) is 48.1 Å². The molecule has 1 aliphatic carbocycles. The minimum atomic E-state index is 0.283. The smallest absolute Gasteiger partial charge is 0.168 e. The van der Waals surface area contributed by atoms with Crippen molar-refractivity contribution in [3.8, 4) is 0 Å². The van der Waals surface area contributed by atoms with Gasteiger partial charge in [0.1, 0.15) is 5.69 Å². The molecule has 0 unspecified atom stereocenters. The lowest BCUT2D eigenvalue weighted by Gasteiger charge is -2.07. The molecule has 0 aliphatic heterocycles. The summed E-state index contributed by atoms with van der Waals surface area (Å²) >= 11 is 0. The number of aryl methyl sites for hydroxylation is 1. The molecule has 13 heavy (non-hydrogen) atoms. The van der Waals surface area contributed by atoms with Crippen molar-refractivity contribution in [2.45, 2.75) is 39.2 Å². The lowest BCUT2D eigenvalue weighted by molar-refractivity contribution is 0.111. The molecule has 1 aliphatic rings. The summed E-state index contributed by atoms with van der Waals surface area (Å²) in [7, 11) is 0. The molecular weight excluding hydrogens is 164 g/mol. The Morgan fingerprint density at radius 3 is 2.85 bits per heavy atom. The molecule has 0 atom stereocenters. The first-order valence-electron chi connectivity index (χ1n) is 4.79. The highest BCUT2D eigenvalue weighted by molar-refractivity contribution is 5.75. The Balaban J connectivity index is 2.53. The van der Waals surface area contributed by atoms with E-state index in [1.165, 1.54) is 5.56 Å². The molecular formula is C10H14N2O. The van der Waals surface area contributed by atoms with Crippen LogP contribution in [0.3, 0.4) is 0 Å². The molecule has 3 nitrogen and oxygen atoms in total. The van der Waals surface area contributed by atoms with Crippen molar-refractivity contribution in [1.29, 1.82) is 0 Å². The Morgan fingerprint density at radius 1 is 1.46 bits per heavy atom. The molecule has 1 aromatic rings. The molecule has 0 aromatic carbocycles. The van der Waals surface area contributed by atoms with Gasteiger partial charge in [-0.25, -0.2) is 0 Å². The maximum absolute atomic E-state index is 10.9. The van der Waals surface area contributed by atoms with Crippen molar-refractivity contribution in [2.75, 3.05) is 0 Å². The van der Waals surface area contributed by atoms with Gasteiger partial charge in [-0.3, -0.25) is 9.48 Å². The molecule has 0 saturated carbocycles. The van der Waals surface area contributed by atoms with Crippen LogP contribution in [-0.4, -0.2) is 16.1 Å². The van der Waals surface area contributed by atoms with E-state index >= 15 is 0 Å². The molecule has 0 spiro atoms. The standard InChI is InChI=1S/C10H14N2O/c1-7(2)12-10(6-13)8-4-3-5-9(8)11-12/h6-7H,3-5H2,1-2H3. The molecule has 2 rings (SSSR count). The molecule has 3 heteroatoms. The monoisotopic (exact) mass is 178 g/mol. The van der Waals surface area contributed by atoms with Gasteiger partial charge in [-0.15, -0.1) is 0 Å². The normalized spacial score (nSPS) is 15.0. The number of nitrogens with zero attached hydrogens (tertiary/aromatic N) is 2. The zero-order chi connectivity index (χ0) is 9.42. The molecule has 0 N–H and O–H groups in total. The summed E-state index contributed by atoms with van der Waals surface area (Å²) in [5.41, 5.74) is 3.11. The van der Waals surface area contributed by atoms with E-state index in [1.54, 1.807) is 0 Å². The Labute approximate surface area is 77.7 Å². The van der Waals surface area contributed by atoms with Gasteiger partial charge in [0.25, 0.3) is 0 Å². The van der Waals surface area contributed by atoms with Crippen molar-refractivity contribution in [3.05, 3.63) is 17.0 Å². The summed E-state index contributed by atoms with van der Waals surface area (Å²) in [4.78, 5) is 10.9. The summed E-state index contributed by atoms with van der Waals surface area (Å²) in [6, 6.07) is 0.283. The molecule has 70 valence electrons. The van der Waals surface area contributed by atoms with Crippen molar-refractivity contribution < 1.29 is 4.79 Å². The van der Waals surface area contributed by atoms with Crippen LogP contribution in [0.5, 0.6) is 0 Å². The fraction of sp³-hybridized carbons (Fsp3) is 0.600. The number of carbonyl (C=O) groups excluding carboxylic acids is 1. The van der Waals surface area contributed by atoms with Crippen LogP contribution < -0.4 is 0 Å². The van der Waals surface area contributed by atoms with Gasteiger partial charge in [0, 0.05) is 11.6 Å². The molecule has 0 radical (unpaired) electrons. The number of hydrogen-bond donors (Lipinski definition) is 0. The maximum atomic E-state index is 10.9. The fourth-order valence-corrected chi connectivity index (χ4v) is 1.96. The number of fused-ring (bicyclic) bond motifs is 1. The van der Waals surface area contributed by atoms with Crippen LogP contribution in [0.4, 0.5) is 0 Å². The van der Waals surface area contributed by atoms with Crippen LogP contribution in [-0.2, 0) is 12.8 Å². The van der Waals surface area contributed by atoms with Crippen LogP contribution in [0.2, 0.25) is 0 Å². The minimum Gasteiger partial charge on any atom is -0.296 e. The molecule has 0 amide bonds. The lowest BCUT2D eigenvalue weighted by Crippen LogP contribution is -2.08. The van der Waals surface area contributed by atoms with Crippen LogP contribution in [0.25, 0.3) is 0 Å². The third-order valence-corrected chi connectivity index (χ3v) is 2.57.